The van der Waals surface area contributed by atoms with Crippen LogP contribution in [0.2, 0.25) is 0 Å². The Balaban J connectivity index is 1.45. The summed E-state index contributed by atoms with van der Waals surface area (Å²) < 4.78 is 58.3. The summed E-state index contributed by atoms with van der Waals surface area (Å²) in [7, 11) is 0. The fourth-order valence-corrected chi connectivity index (χ4v) is 4.31. The van der Waals surface area contributed by atoms with Gasteiger partial charge in [0.25, 0.3) is 0 Å². The summed E-state index contributed by atoms with van der Waals surface area (Å²) >= 11 is 0. The minimum Gasteiger partial charge on any atom is -0.372 e. The molecule has 0 aromatic heterocycles. The Morgan fingerprint density at radius 3 is 2.21 bits per heavy atom. The third-order valence-electron chi connectivity index (χ3n) is 5.80. The molecule has 1 saturated heterocycles. The summed E-state index contributed by atoms with van der Waals surface area (Å²) in [6.07, 6.45) is -1.85. The Morgan fingerprint density at radius 1 is 0.897 bits per heavy atom. The number of halogens is 3. The molecule has 3 nitrogen and oxygen atoms in total. The van der Waals surface area contributed by atoms with E-state index in [-0.39, 0.29) is 12.5 Å². The molecule has 1 saturated carbocycles. The van der Waals surface area contributed by atoms with Crippen molar-refractivity contribution in [3.63, 3.8) is 0 Å². The Kier molecular flexibility index (Phi) is 5.95. The van der Waals surface area contributed by atoms with E-state index < -0.39 is 17.5 Å². The lowest BCUT2D eigenvalue weighted by Crippen LogP contribution is -2.35. The zero-order chi connectivity index (χ0) is 20.3. The fourth-order valence-electron chi connectivity index (χ4n) is 4.31. The van der Waals surface area contributed by atoms with Gasteiger partial charge in [-0.15, -0.1) is 0 Å². The van der Waals surface area contributed by atoms with E-state index in [2.05, 4.69) is 0 Å². The average Bonchev–Trinajstić information content (AvgIpc) is 3.17. The molecule has 0 unspecified atom stereocenters. The molecule has 0 bridgehead atoms. The summed E-state index contributed by atoms with van der Waals surface area (Å²) in [6.45, 7) is 1.65. The van der Waals surface area contributed by atoms with E-state index in [0.29, 0.717) is 56.6 Å². The van der Waals surface area contributed by atoms with Gasteiger partial charge >= 0.3 is 6.18 Å². The first kappa shape index (κ1) is 20.4. The first-order chi connectivity index (χ1) is 14.0. The number of benzene rings is 2. The van der Waals surface area contributed by atoms with Gasteiger partial charge in [0.1, 0.15) is 0 Å². The molecule has 2 fully saturated rings. The third kappa shape index (κ3) is 4.82. The van der Waals surface area contributed by atoms with Crippen LogP contribution in [0.5, 0.6) is 0 Å². The van der Waals surface area contributed by atoms with Gasteiger partial charge in [-0.05, 0) is 41.5 Å². The van der Waals surface area contributed by atoms with E-state index in [0.717, 1.165) is 5.56 Å². The number of ether oxygens (including phenoxy) is 3. The topological polar surface area (TPSA) is 27.7 Å². The molecule has 2 aliphatic rings. The second-order valence-corrected chi connectivity index (χ2v) is 7.78. The van der Waals surface area contributed by atoms with Crippen LogP contribution in [0.15, 0.2) is 48.5 Å². The largest absolute Gasteiger partial charge is 0.416 e. The highest BCUT2D eigenvalue weighted by Gasteiger charge is 2.42. The van der Waals surface area contributed by atoms with Crippen molar-refractivity contribution in [1.29, 1.82) is 0 Å². The molecule has 4 rings (SSSR count). The normalized spacial score (nSPS) is 19.7. The molecule has 1 spiro atoms. The molecule has 2 aromatic rings. The Labute approximate surface area is 168 Å². The molecule has 2 aromatic carbocycles. The van der Waals surface area contributed by atoms with Gasteiger partial charge in [-0.2, -0.15) is 13.2 Å². The van der Waals surface area contributed by atoms with Crippen LogP contribution in [0.1, 0.15) is 53.9 Å². The van der Waals surface area contributed by atoms with E-state index >= 15 is 0 Å². The van der Waals surface area contributed by atoms with Gasteiger partial charge in [0.15, 0.2) is 5.79 Å². The standard InChI is InChI=1S/C23H25F3O3/c24-23(25,26)21-14-18(16-27-15-17-4-2-1-3-5-17)6-7-20(21)19-8-10-22(11-9-19)28-12-13-29-22/h1-7,14,19H,8-13,15-16H2. The van der Waals surface area contributed by atoms with Crippen LogP contribution in [0.4, 0.5) is 13.2 Å². The first-order valence-electron chi connectivity index (χ1n) is 10.0. The lowest BCUT2D eigenvalue weighted by atomic mass is 9.79. The SMILES string of the molecule is FC(F)(F)c1cc(COCc2ccccc2)ccc1C1CCC2(CC1)OCCO2. The van der Waals surface area contributed by atoms with Crippen molar-refractivity contribution in [2.45, 2.75) is 56.8 Å². The maximum atomic E-state index is 13.8. The lowest BCUT2D eigenvalue weighted by Gasteiger charge is -2.36. The second kappa shape index (κ2) is 8.46. The van der Waals surface area contributed by atoms with Crippen LogP contribution in [0, 0.1) is 0 Å². The predicted octanol–water partition coefficient (Wildman–Crippen LogP) is 5.82. The average molecular weight is 406 g/mol. The van der Waals surface area contributed by atoms with Gasteiger partial charge in [-0.3, -0.25) is 0 Å². The van der Waals surface area contributed by atoms with Gasteiger partial charge in [0.05, 0.1) is 32.0 Å². The molecule has 6 heteroatoms. The number of alkyl halides is 3. The van der Waals surface area contributed by atoms with E-state index in [1.165, 1.54) is 6.07 Å². The van der Waals surface area contributed by atoms with Crippen LogP contribution in [-0.4, -0.2) is 19.0 Å². The molecule has 0 N–H and O–H groups in total. The second-order valence-electron chi connectivity index (χ2n) is 7.78. The molecule has 0 amide bonds. The van der Waals surface area contributed by atoms with Crippen LogP contribution in [-0.2, 0) is 33.6 Å². The molecule has 1 aliphatic carbocycles. The zero-order valence-electron chi connectivity index (χ0n) is 16.2. The highest BCUT2D eigenvalue weighted by atomic mass is 19.4. The molecule has 0 atom stereocenters. The van der Waals surface area contributed by atoms with Crippen LogP contribution < -0.4 is 0 Å². The summed E-state index contributed by atoms with van der Waals surface area (Å²) in [6, 6.07) is 14.2. The Bertz CT molecular complexity index is 804. The molecule has 156 valence electrons. The van der Waals surface area contributed by atoms with Crippen LogP contribution in [0.3, 0.4) is 0 Å². The van der Waals surface area contributed by atoms with E-state index in [1.807, 2.05) is 30.3 Å². The summed E-state index contributed by atoms with van der Waals surface area (Å²) in [5.74, 6) is -0.704. The maximum Gasteiger partial charge on any atom is 0.416 e. The predicted molar refractivity (Wildman–Crippen MR) is 102 cm³/mol. The summed E-state index contributed by atoms with van der Waals surface area (Å²) in [5, 5.41) is 0. The van der Waals surface area contributed by atoms with Gasteiger partial charge < -0.3 is 14.2 Å². The minimum absolute atomic E-state index is 0.135. The van der Waals surface area contributed by atoms with Crippen molar-refractivity contribution in [2.75, 3.05) is 13.2 Å². The lowest BCUT2D eigenvalue weighted by molar-refractivity contribution is -0.179. The third-order valence-corrected chi connectivity index (χ3v) is 5.80. The highest BCUT2D eigenvalue weighted by molar-refractivity contribution is 5.37. The van der Waals surface area contributed by atoms with Crippen molar-refractivity contribution in [2.24, 2.45) is 0 Å². The number of rotatable bonds is 5. The first-order valence-corrected chi connectivity index (χ1v) is 10.0. The van der Waals surface area contributed by atoms with E-state index in [1.54, 1.807) is 12.1 Å². The number of hydrogen-bond donors (Lipinski definition) is 0. The zero-order valence-corrected chi connectivity index (χ0v) is 16.2. The smallest absolute Gasteiger partial charge is 0.372 e. The highest BCUT2D eigenvalue weighted by Crippen LogP contribution is 2.45. The monoisotopic (exact) mass is 406 g/mol. The van der Waals surface area contributed by atoms with Crippen molar-refractivity contribution in [3.05, 3.63) is 70.8 Å². The van der Waals surface area contributed by atoms with Crippen molar-refractivity contribution >= 4 is 0 Å². The summed E-state index contributed by atoms with van der Waals surface area (Å²) in [4.78, 5) is 0. The molecular weight excluding hydrogens is 381 g/mol. The summed E-state index contributed by atoms with van der Waals surface area (Å²) in [5.41, 5.74) is 1.35. The fraction of sp³-hybridized carbons (Fsp3) is 0.478. The van der Waals surface area contributed by atoms with Gasteiger partial charge in [0.2, 0.25) is 0 Å². The molecule has 1 aliphatic heterocycles. The molecule has 1 heterocycles. The Hall–Kier alpha value is -1.89. The van der Waals surface area contributed by atoms with E-state index in [4.69, 9.17) is 14.2 Å². The molecule has 29 heavy (non-hydrogen) atoms. The van der Waals surface area contributed by atoms with Crippen molar-refractivity contribution in [3.8, 4) is 0 Å². The van der Waals surface area contributed by atoms with Gasteiger partial charge in [-0.1, -0.05) is 42.5 Å². The van der Waals surface area contributed by atoms with Gasteiger partial charge in [-0.25, -0.2) is 0 Å². The number of hydrogen-bond acceptors (Lipinski definition) is 3. The van der Waals surface area contributed by atoms with Crippen molar-refractivity contribution in [1.82, 2.24) is 0 Å². The van der Waals surface area contributed by atoms with E-state index in [9.17, 15) is 13.2 Å². The quantitative estimate of drug-likeness (QED) is 0.626. The van der Waals surface area contributed by atoms with Crippen LogP contribution >= 0.6 is 0 Å². The molecular formula is C23H25F3O3. The molecule has 0 radical (unpaired) electrons. The Morgan fingerprint density at radius 2 is 1.55 bits per heavy atom. The van der Waals surface area contributed by atoms with Crippen LogP contribution in [0.25, 0.3) is 0 Å². The van der Waals surface area contributed by atoms with Crippen molar-refractivity contribution < 1.29 is 27.4 Å². The maximum absolute atomic E-state index is 13.8. The minimum atomic E-state index is -4.39. The van der Waals surface area contributed by atoms with Gasteiger partial charge in [0, 0.05) is 12.8 Å².